The van der Waals surface area contributed by atoms with E-state index < -0.39 is 20.2 Å². The molecule has 2 saturated heterocycles. The highest BCUT2D eigenvalue weighted by atomic mass is 32.2. The molecule has 6 heterocycles. The number of nitrogen functional groups attached to an aromatic ring is 2. The topological polar surface area (TPSA) is 297 Å². The fourth-order valence-electron chi connectivity index (χ4n) is 9.42. The van der Waals surface area contributed by atoms with Crippen LogP contribution in [0.1, 0.15) is 74.3 Å². The van der Waals surface area contributed by atoms with Gasteiger partial charge in [-0.3, -0.25) is 18.9 Å². The van der Waals surface area contributed by atoms with Gasteiger partial charge < -0.3 is 31.6 Å². The minimum absolute atomic E-state index is 0.301. The van der Waals surface area contributed by atoms with Crippen LogP contribution in [0.3, 0.4) is 0 Å². The molecule has 24 heteroatoms. The SMILES string of the molecule is CS(=O)(=O)O.CS(=O)(=O)O.Nc1nc(Nc2ccc(C3CCC(N4CCOCC4)CC3)cc2)nn1-c1ccccn1.Nc1nc(Nc2ccc(C3CCC(N4CCOCC4)CC3)cc2)nn1-c1ccccn1. The number of nitrogens with zero attached hydrogens (tertiary/aromatic N) is 10. The lowest BCUT2D eigenvalue weighted by atomic mass is 9.81. The van der Waals surface area contributed by atoms with Gasteiger partial charge in [0.05, 0.1) is 38.9 Å². The maximum absolute atomic E-state index is 9.19. The Morgan fingerprint density at radius 2 is 0.861 bits per heavy atom. The predicted molar refractivity (Wildman–Crippen MR) is 276 cm³/mol. The Labute approximate surface area is 421 Å². The molecule has 10 rings (SSSR count). The molecule has 4 aromatic heterocycles. The molecule has 4 aliphatic rings. The van der Waals surface area contributed by atoms with Crippen LogP contribution in [0.4, 0.5) is 35.2 Å². The van der Waals surface area contributed by atoms with Crippen LogP contribution in [-0.2, 0) is 29.7 Å². The standard InChI is InChI=1S/2C23H29N7O.2CH4O3S/c2*24-22-27-23(28-30(22)21-3-1-2-12-25-21)26-19-8-4-17(5-9-19)18-6-10-20(11-7-18)29-13-15-31-16-14-29;2*1-5(2,3)4/h2*1-5,8-9,12,18,20H,6-7,10-11,13-16H2,(H3,24,26,27,28);2*1H3,(H,2,3,4). The van der Waals surface area contributed by atoms with Crippen molar-refractivity contribution in [3.8, 4) is 11.6 Å². The number of benzene rings is 2. The molecule has 2 aliphatic heterocycles. The van der Waals surface area contributed by atoms with Gasteiger partial charge in [0.2, 0.25) is 23.8 Å². The summed E-state index contributed by atoms with van der Waals surface area (Å²) in [5.74, 6) is 4.09. The van der Waals surface area contributed by atoms with Gasteiger partial charge in [-0.2, -0.15) is 36.2 Å². The van der Waals surface area contributed by atoms with E-state index in [2.05, 4.69) is 99.1 Å². The molecule has 0 amide bonds. The molecule has 0 atom stereocenters. The molecule has 72 heavy (non-hydrogen) atoms. The summed E-state index contributed by atoms with van der Waals surface area (Å²) in [6, 6.07) is 29.9. The third-order valence-electron chi connectivity index (χ3n) is 12.8. The minimum Gasteiger partial charge on any atom is -0.379 e. The van der Waals surface area contributed by atoms with Crippen molar-refractivity contribution in [1.29, 1.82) is 0 Å². The zero-order valence-corrected chi connectivity index (χ0v) is 42.3. The highest BCUT2D eigenvalue weighted by Crippen LogP contribution is 2.37. The van der Waals surface area contributed by atoms with Crippen LogP contribution in [0.25, 0.3) is 11.6 Å². The van der Waals surface area contributed by atoms with E-state index in [9.17, 15) is 16.8 Å². The van der Waals surface area contributed by atoms with E-state index in [4.69, 9.17) is 30.0 Å². The first-order valence-corrected chi connectivity index (χ1v) is 27.7. The van der Waals surface area contributed by atoms with Gasteiger partial charge in [-0.15, -0.1) is 10.2 Å². The van der Waals surface area contributed by atoms with Gasteiger partial charge in [-0.05, 0) is 123 Å². The second-order valence-corrected chi connectivity index (χ2v) is 21.0. The van der Waals surface area contributed by atoms with Crippen molar-refractivity contribution >= 4 is 55.4 Å². The summed E-state index contributed by atoms with van der Waals surface area (Å²) >= 11 is 0. The molecule has 2 aromatic carbocycles. The number of aromatic nitrogens is 8. The van der Waals surface area contributed by atoms with E-state index in [1.165, 1.54) is 71.9 Å². The molecule has 22 nitrogen and oxygen atoms in total. The van der Waals surface area contributed by atoms with Gasteiger partial charge in [0.15, 0.2) is 11.6 Å². The van der Waals surface area contributed by atoms with E-state index in [0.717, 1.165) is 76.1 Å². The molecule has 8 N–H and O–H groups in total. The number of morpholine rings is 2. The lowest BCUT2D eigenvalue weighted by Gasteiger charge is -2.38. The van der Waals surface area contributed by atoms with Crippen molar-refractivity contribution in [3.63, 3.8) is 0 Å². The first-order valence-electron chi connectivity index (χ1n) is 24.0. The van der Waals surface area contributed by atoms with Crippen molar-refractivity contribution in [1.82, 2.24) is 49.3 Å². The fourth-order valence-corrected chi connectivity index (χ4v) is 9.42. The summed E-state index contributed by atoms with van der Waals surface area (Å²) in [6.45, 7) is 7.89. The molecule has 0 spiro atoms. The Morgan fingerprint density at radius 1 is 0.528 bits per heavy atom. The number of nitrogens with one attached hydrogen (secondary N) is 2. The van der Waals surface area contributed by atoms with E-state index in [1.54, 1.807) is 12.4 Å². The zero-order valence-electron chi connectivity index (χ0n) is 40.6. The molecule has 0 bridgehead atoms. The average molecular weight is 1030 g/mol. The lowest BCUT2D eigenvalue weighted by Crippen LogP contribution is -2.44. The normalized spacial score (nSPS) is 20.8. The van der Waals surface area contributed by atoms with E-state index in [0.29, 0.717) is 59.8 Å². The predicted octanol–water partition coefficient (Wildman–Crippen LogP) is 5.70. The maximum Gasteiger partial charge on any atom is 0.261 e. The summed E-state index contributed by atoms with van der Waals surface area (Å²) in [4.78, 5) is 22.4. The summed E-state index contributed by atoms with van der Waals surface area (Å²) in [7, 11) is -7.33. The van der Waals surface area contributed by atoms with Gasteiger partial charge in [-0.1, -0.05) is 36.4 Å². The van der Waals surface area contributed by atoms with Crippen molar-refractivity contribution < 1.29 is 35.4 Å². The van der Waals surface area contributed by atoms with Crippen LogP contribution < -0.4 is 22.1 Å². The maximum atomic E-state index is 9.19. The van der Waals surface area contributed by atoms with E-state index >= 15 is 0 Å². The first kappa shape index (κ1) is 53.7. The Hall–Kier alpha value is -6.12. The minimum atomic E-state index is -3.67. The highest BCUT2D eigenvalue weighted by molar-refractivity contribution is 7.85. The first-order chi connectivity index (χ1) is 34.5. The van der Waals surface area contributed by atoms with Crippen molar-refractivity contribution in [3.05, 3.63) is 108 Å². The van der Waals surface area contributed by atoms with Crippen LogP contribution in [0, 0.1) is 0 Å². The molecule has 4 fully saturated rings. The van der Waals surface area contributed by atoms with Crippen LogP contribution in [-0.4, -0.2) is 152 Å². The van der Waals surface area contributed by atoms with Gasteiger partial charge in [-0.25, -0.2) is 9.97 Å². The average Bonchev–Trinajstić information content (AvgIpc) is 3.94. The van der Waals surface area contributed by atoms with Gasteiger partial charge in [0.25, 0.3) is 20.2 Å². The molecule has 2 saturated carbocycles. The number of nitrogens with two attached hydrogens (primary N) is 2. The van der Waals surface area contributed by atoms with Crippen molar-refractivity contribution in [2.75, 3.05) is 87.2 Å². The fraction of sp³-hybridized carbons (Fsp3) is 0.458. The number of hydrogen-bond acceptors (Lipinski definition) is 18. The molecule has 6 aromatic rings. The highest BCUT2D eigenvalue weighted by Gasteiger charge is 2.29. The number of anilines is 6. The molecular weight excluding hydrogens is 965 g/mol. The summed E-state index contributed by atoms with van der Waals surface area (Å²) in [6.07, 6.45) is 15.0. The summed E-state index contributed by atoms with van der Waals surface area (Å²) in [5.41, 5.74) is 16.8. The largest absolute Gasteiger partial charge is 0.379 e. The van der Waals surface area contributed by atoms with Crippen molar-refractivity contribution in [2.45, 2.75) is 75.3 Å². The van der Waals surface area contributed by atoms with Gasteiger partial charge in [0, 0.05) is 62.0 Å². The summed E-state index contributed by atoms with van der Waals surface area (Å²) < 4.78 is 65.8. The number of pyridine rings is 2. The molecule has 0 radical (unpaired) electrons. The van der Waals surface area contributed by atoms with Crippen LogP contribution in [0.5, 0.6) is 0 Å². The van der Waals surface area contributed by atoms with Crippen LogP contribution in [0.2, 0.25) is 0 Å². The Kier molecular flexibility index (Phi) is 19.0. The quantitative estimate of drug-likeness (QED) is 0.0897. The molecular formula is C48H66N14O8S2. The third kappa shape index (κ3) is 17.0. The van der Waals surface area contributed by atoms with Gasteiger partial charge in [0.1, 0.15) is 0 Å². The van der Waals surface area contributed by atoms with Crippen LogP contribution >= 0.6 is 0 Å². The third-order valence-corrected chi connectivity index (χ3v) is 12.8. The lowest BCUT2D eigenvalue weighted by molar-refractivity contribution is 0.00727. The monoisotopic (exact) mass is 1030 g/mol. The number of ether oxygens (including phenoxy) is 2. The second-order valence-electron chi connectivity index (χ2n) is 18.1. The number of hydrogen-bond donors (Lipinski definition) is 6. The van der Waals surface area contributed by atoms with E-state index in [-0.39, 0.29) is 0 Å². The second kappa shape index (κ2) is 25.5. The van der Waals surface area contributed by atoms with Crippen molar-refractivity contribution in [2.24, 2.45) is 0 Å². The Bertz CT molecular complexity index is 2590. The van der Waals surface area contributed by atoms with Gasteiger partial charge >= 0.3 is 0 Å². The number of rotatable bonds is 10. The molecule has 388 valence electrons. The zero-order chi connectivity index (χ0) is 51.1. The summed E-state index contributed by atoms with van der Waals surface area (Å²) in [5, 5.41) is 15.4. The molecule has 2 aliphatic carbocycles. The Morgan fingerprint density at radius 3 is 1.17 bits per heavy atom. The van der Waals surface area contributed by atoms with Crippen LogP contribution in [0.15, 0.2) is 97.3 Å². The molecule has 0 unspecified atom stereocenters. The Balaban J connectivity index is 0.000000178. The van der Waals surface area contributed by atoms with E-state index in [1.807, 2.05) is 36.4 Å². The smallest absolute Gasteiger partial charge is 0.261 e.